The van der Waals surface area contributed by atoms with Crippen LogP contribution in [-0.4, -0.2) is 28.2 Å². The highest BCUT2D eigenvalue weighted by atomic mass is 79.9. The van der Waals surface area contributed by atoms with Gasteiger partial charge in [-0.2, -0.15) is 0 Å². The van der Waals surface area contributed by atoms with Crippen LogP contribution >= 0.6 is 38.9 Å². The first-order valence-electron chi connectivity index (χ1n) is 9.59. The van der Waals surface area contributed by atoms with Gasteiger partial charge in [-0.3, -0.25) is 10.1 Å². The molecule has 3 N–H and O–H groups in total. The van der Waals surface area contributed by atoms with Crippen LogP contribution in [0.3, 0.4) is 0 Å². The van der Waals surface area contributed by atoms with Crippen molar-refractivity contribution in [2.45, 2.75) is 26.3 Å². The fourth-order valence-corrected chi connectivity index (χ4v) is 4.10. The first-order chi connectivity index (χ1) is 14.9. The number of nitrogens with one attached hydrogen (secondary N) is 3. The van der Waals surface area contributed by atoms with Gasteiger partial charge in [-0.15, -0.1) is 10.2 Å². The molecule has 0 aliphatic carbocycles. The molecule has 10 heteroatoms. The average Bonchev–Trinajstić information content (AvgIpc) is 3.20. The second kappa shape index (κ2) is 10.7. The van der Waals surface area contributed by atoms with E-state index in [1.807, 2.05) is 38.1 Å². The Morgan fingerprint density at radius 1 is 1.13 bits per heavy atom. The van der Waals surface area contributed by atoms with Crippen molar-refractivity contribution in [3.8, 4) is 10.6 Å². The maximum absolute atomic E-state index is 12.9. The minimum atomic E-state index is -0.748. The zero-order valence-electron chi connectivity index (χ0n) is 16.9. The summed E-state index contributed by atoms with van der Waals surface area (Å²) in [4.78, 5) is 25.4. The summed E-state index contributed by atoms with van der Waals surface area (Å²) in [5.41, 5.74) is 1.43. The Morgan fingerprint density at radius 2 is 1.90 bits per heavy atom. The van der Waals surface area contributed by atoms with E-state index in [9.17, 15) is 9.59 Å². The zero-order chi connectivity index (χ0) is 22.4. The second-order valence-corrected chi connectivity index (χ2v) is 9.21. The molecule has 1 heterocycles. The summed E-state index contributed by atoms with van der Waals surface area (Å²) in [6, 6.07) is 13.2. The first-order valence-corrected chi connectivity index (χ1v) is 11.6. The highest BCUT2D eigenvalue weighted by Gasteiger charge is 2.27. The number of carbonyl (C=O) groups excluding carboxylic acids is 2. The van der Waals surface area contributed by atoms with Gasteiger partial charge in [0.25, 0.3) is 0 Å². The number of nitrogens with zero attached hydrogens (tertiary/aromatic N) is 2. The molecule has 0 unspecified atom stereocenters. The van der Waals surface area contributed by atoms with Crippen LogP contribution in [0, 0.1) is 5.92 Å². The van der Waals surface area contributed by atoms with E-state index in [2.05, 4.69) is 42.1 Å². The third-order valence-electron chi connectivity index (χ3n) is 4.59. The van der Waals surface area contributed by atoms with E-state index in [4.69, 9.17) is 11.6 Å². The van der Waals surface area contributed by atoms with Crippen LogP contribution in [0.15, 0.2) is 53.0 Å². The molecule has 1 aromatic heterocycles. The van der Waals surface area contributed by atoms with E-state index >= 15 is 0 Å². The van der Waals surface area contributed by atoms with E-state index < -0.39 is 12.1 Å². The van der Waals surface area contributed by atoms with Gasteiger partial charge in [0.15, 0.2) is 0 Å². The Kier molecular flexibility index (Phi) is 8.00. The van der Waals surface area contributed by atoms with Crippen LogP contribution in [-0.2, 0) is 4.79 Å². The Balaban J connectivity index is 1.68. The molecule has 3 rings (SSSR count). The van der Waals surface area contributed by atoms with Crippen LogP contribution in [0.2, 0.25) is 5.02 Å². The summed E-state index contributed by atoms with van der Waals surface area (Å²) in [6.45, 7) is 3.86. The van der Waals surface area contributed by atoms with Gasteiger partial charge >= 0.3 is 6.03 Å². The SMILES string of the molecule is CC[C@@H](C)[C@H](NC(=O)Nc1cccc(Cl)c1)C(=O)Nc1nnc(-c2cccc(Br)c2)s1. The lowest BCUT2D eigenvalue weighted by Crippen LogP contribution is -2.49. The fraction of sp³-hybridized carbons (Fsp3) is 0.238. The van der Waals surface area contributed by atoms with Crippen molar-refractivity contribution in [3.63, 3.8) is 0 Å². The van der Waals surface area contributed by atoms with Crippen molar-refractivity contribution >= 4 is 61.6 Å². The summed E-state index contributed by atoms with van der Waals surface area (Å²) in [6.07, 6.45) is 0.703. The van der Waals surface area contributed by atoms with E-state index in [1.165, 1.54) is 11.3 Å². The van der Waals surface area contributed by atoms with E-state index in [0.717, 1.165) is 10.0 Å². The van der Waals surface area contributed by atoms with Gasteiger partial charge in [0.2, 0.25) is 11.0 Å². The molecule has 0 saturated heterocycles. The standard InChI is InChI=1S/C21H21BrClN5O2S/c1-3-12(2)17(25-20(30)24-16-9-5-8-15(23)11-16)18(29)26-21-28-27-19(31-21)13-6-4-7-14(22)10-13/h4-12,17H,3H2,1-2H3,(H2,24,25,30)(H,26,28,29)/t12-,17+/m1/s1. The lowest BCUT2D eigenvalue weighted by molar-refractivity contribution is -0.119. The topological polar surface area (TPSA) is 96.0 Å². The third-order valence-corrected chi connectivity index (χ3v) is 6.21. The minimum absolute atomic E-state index is 0.0948. The van der Waals surface area contributed by atoms with Gasteiger partial charge in [0.05, 0.1) is 0 Å². The van der Waals surface area contributed by atoms with Gasteiger partial charge in [-0.1, -0.05) is 77.3 Å². The molecule has 0 radical (unpaired) electrons. The molecule has 3 aromatic rings. The third kappa shape index (κ3) is 6.49. The molecular weight excluding hydrogens is 502 g/mol. The van der Waals surface area contributed by atoms with Gasteiger partial charge < -0.3 is 10.6 Å². The lowest BCUT2D eigenvalue weighted by atomic mass is 9.98. The smallest absolute Gasteiger partial charge is 0.319 e. The lowest BCUT2D eigenvalue weighted by Gasteiger charge is -2.23. The van der Waals surface area contributed by atoms with Crippen LogP contribution < -0.4 is 16.0 Å². The maximum atomic E-state index is 12.9. The van der Waals surface area contributed by atoms with E-state index in [-0.39, 0.29) is 11.8 Å². The molecule has 3 amide bonds. The van der Waals surface area contributed by atoms with Crippen molar-refractivity contribution in [1.82, 2.24) is 15.5 Å². The molecule has 0 spiro atoms. The van der Waals surface area contributed by atoms with Gasteiger partial charge in [0, 0.05) is 20.7 Å². The van der Waals surface area contributed by atoms with Crippen LogP contribution in [0.4, 0.5) is 15.6 Å². The Hall–Kier alpha value is -2.49. The summed E-state index contributed by atoms with van der Waals surface area (Å²) in [5, 5.41) is 18.0. The average molecular weight is 523 g/mol. The number of amides is 3. The normalized spacial score (nSPS) is 12.6. The number of benzene rings is 2. The first kappa shape index (κ1) is 23.2. The van der Waals surface area contributed by atoms with Crippen LogP contribution in [0.25, 0.3) is 10.6 Å². The molecular formula is C21H21BrClN5O2S. The Labute approximate surface area is 197 Å². The Bertz CT molecular complexity index is 1080. The number of aromatic nitrogens is 2. The number of urea groups is 1. The molecule has 0 aliphatic rings. The predicted molar refractivity (Wildman–Crippen MR) is 129 cm³/mol. The molecule has 2 aromatic carbocycles. The zero-order valence-corrected chi connectivity index (χ0v) is 20.0. The molecule has 0 bridgehead atoms. The number of hydrogen-bond acceptors (Lipinski definition) is 5. The number of hydrogen-bond donors (Lipinski definition) is 3. The van der Waals surface area contributed by atoms with Gasteiger partial charge in [-0.25, -0.2) is 4.79 Å². The highest BCUT2D eigenvalue weighted by Crippen LogP contribution is 2.28. The Morgan fingerprint density at radius 3 is 2.61 bits per heavy atom. The largest absolute Gasteiger partial charge is 0.326 e. The van der Waals surface area contributed by atoms with Crippen molar-refractivity contribution in [3.05, 3.63) is 58.0 Å². The molecule has 2 atom stereocenters. The maximum Gasteiger partial charge on any atom is 0.319 e. The van der Waals surface area contributed by atoms with Crippen LogP contribution in [0.5, 0.6) is 0 Å². The number of anilines is 2. The number of halogens is 2. The van der Waals surface area contributed by atoms with E-state index in [0.29, 0.717) is 27.3 Å². The summed E-state index contributed by atoms with van der Waals surface area (Å²) in [5.74, 6) is -0.449. The van der Waals surface area contributed by atoms with Crippen molar-refractivity contribution in [2.75, 3.05) is 10.6 Å². The highest BCUT2D eigenvalue weighted by molar-refractivity contribution is 9.10. The van der Waals surface area contributed by atoms with Crippen molar-refractivity contribution in [2.24, 2.45) is 5.92 Å². The van der Waals surface area contributed by atoms with E-state index in [1.54, 1.807) is 24.3 Å². The molecule has 0 fully saturated rings. The summed E-state index contributed by atoms with van der Waals surface area (Å²) in [7, 11) is 0. The monoisotopic (exact) mass is 521 g/mol. The quantitative estimate of drug-likeness (QED) is 0.366. The predicted octanol–water partition coefficient (Wildman–Crippen LogP) is 5.80. The second-order valence-electron chi connectivity index (χ2n) is 6.88. The van der Waals surface area contributed by atoms with Gasteiger partial charge in [0.1, 0.15) is 11.0 Å². The molecule has 0 aliphatic heterocycles. The fourth-order valence-electron chi connectivity index (χ4n) is 2.77. The minimum Gasteiger partial charge on any atom is -0.326 e. The van der Waals surface area contributed by atoms with Gasteiger partial charge in [-0.05, 0) is 36.2 Å². The molecule has 7 nitrogen and oxygen atoms in total. The van der Waals surface area contributed by atoms with Crippen molar-refractivity contribution in [1.29, 1.82) is 0 Å². The van der Waals surface area contributed by atoms with Crippen LogP contribution in [0.1, 0.15) is 20.3 Å². The molecule has 162 valence electrons. The summed E-state index contributed by atoms with van der Waals surface area (Å²) < 4.78 is 0.928. The molecule has 31 heavy (non-hydrogen) atoms. The van der Waals surface area contributed by atoms with Crippen molar-refractivity contribution < 1.29 is 9.59 Å². The number of carbonyl (C=O) groups is 2. The summed E-state index contributed by atoms with van der Waals surface area (Å²) >= 11 is 10.7. The number of rotatable bonds is 7. The molecule has 0 saturated carbocycles.